The summed E-state index contributed by atoms with van der Waals surface area (Å²) in [6.45, 7) is 3.77. The van der Waals surface area contributed by atoms with Crippen LogP contribution in [0, 0.1) is 17.6 Å². The van der Waals surface area contributed by atoms with Gasteiger partial charge in [-0.3, -0.25) is 9.59 Å². The summed E-state index contributed by atoms with van der Waals surface area (Å²) in [6, 6.07) is 11.5. The van der Waals surface area contributed by atoms with E-state index in [0.717, 1.165) is 0 Å². The standard InChI is InChI=1S/C24H27F2N3O3/c1-16(2)24(31)28(12-13-32-3)15-23(30)29-22(18-9-5-7-11-20(18)26)14-21(27-29)17-8-4-6-10-19(17)25/h4-11,16,22H,12-15H2,1-3H3. The fourth-order valence-electron chi connectivity index (χ4n) is 3.66. The number of nitrogens with zero attached hydrogens (tertiary/aromatic N) is 3. The molecule has 0 bridgehead atoms. The highest BCUT2D eigenvalue weighted by atomic mass is 19.1. The van der Waals surface area contributed by atoms with Crippen molar-refractivity contribution in [1.29, 1.82) is 0 Å². The predicted octanol–water partition coefficient (Wildman–Crippen LogP) is 3.77. The van der Waals surface area contributed by atoms with E-state index < -0.39 is 23.6 Å². The van der Waals surface area contributed by atoms with Crippen molar-refractivity contribution in [1.82, 2.24) is 9.91 Å². The van der Waals surface area contributed by atoms with Gasteiger partial charge < -0.3 is 9.64 Å². The summed E-state index contributed by atoms with van der Waals surface area (Å²) >= 11 is 0. The molecule has 3 rings (SSSR count). The SMILES string of the molecule is COCCN(CC(=O)N1N=C(c2ccccc2F)CC1c1ccccc1F)C(=O)C(C)C. The molecule has 1 aliphatic heterocycles. The molecule has 8 heteroatoms. The second-order valence-corrected chi connectivity index (χ2v) is 7.91. The lowest BCUT2D eigenvalue weighted by Crippen LogP contribution is -2.44. The summed E-state index contributed by atoms with van der Waals surface area (Å²) in [6.07, 6.45) is 0.157. The molecular weight excluding hydrogens is 416 g/mol. The van der Waals surface area contributed by atoms with Gasteiger partial charge in [0.05, 0.1) is 18.4 Å². The van der Waals surface area contributed by atoms with Crippen LogP contribution >= 0.6 is 0 Å². The van der Waals surface area contributed by atoms with Crippen LogP contribution in [0.4, 0.5) is 8.78 Å². The number of carbonyl (C=O) groups excluding carboxylic acids is 2. The van der Waals surface area contributed by atoms with Crippen molar-refractivity contribution in [3.8, 4) is 0 Å². The lowest BCUT2D eigenvalue weighted by Gasteiger charge is -2.28. The molecule has 0 spiro atoms. The highest BCUT2D eigenvalue weighted by Gasteiger charge is 2.36. The fourth-order valence-corrected chi connectivity index (χ4v) is 3.66. The fraction of sp³-hybridized carbons (Fsp3) is 0.375. The van der Waals surface area contributed by atoms with Gasteiger partial charge in [0.1, 0.15) is 18.2 Å². The summed E-state index contributed by atoms with van der Waals surface area (Å²) in [5.41, 5.74) is 0.900. The van der Waals surface area contributed by atoms with E-state index in [9.17, 15) is 18.4 Å². The Bertz CT molecular complexity index is 1010. The molecule has 0 aromatic heterocycles. The largest absolute Gasteiger partial charge is 0.383 e. The molecule has 0 saturated heterocycles. The first kappa shape index (κ1) is 23.5. The molecule has 1 atom stereocenters. The third-order valence-corrected chi connectivity index (χ3v) is 5.31. The van der Waals surface area contributed by atoms with Crippen LogP contribution in [0.5, 0.6) is 0 Å². The highest BCUT2D eigenvalue weighted by molar-refractivity contribution is 6.03. The molecular formula is C24H27F2N3O3. The van der Waals surface area contributed by atoms with Crippen LogP contribution in [0.1, 0.15) is 37.4 Å². The van der Waals surface area contributed by atoms with Gasteiger partial charge in [0.2, 0.25) is 5.91 Å². The molecule has 0 fully saturated rings. The summed E-state index contributed by atoms with van der Waals surface area (Å²) in [7, 11) is 1.51. The number of amides is 2. The molecule has 0 N–H and O–H groups in total. The molecule has 170 valence electrons. The predicted molar refractivity (Wildman–Crippen MR) is 117 cm³/mol. The van der Waals surface area contributed by atoms with Crippen LogP contribution < -0.4 is 0 Å². The van der Waals surface area contributed by atoms with Crippen molar-refractivity contribution in [2.45, 2.75) is 26.3 Å². The van der Waals surface area contributed by atoms with E-state index in [1.165, 1.54) is 29.2 Å². The maximum atomic E-state index is 14.6. The minimum Gasteiger partial charge on any atom is -0.383 e. The Morgan fingerprint density at radius 3 is 2.41 bits per heavy atom. The lowest BCUT2D eigenvalue weighted by atomic mass is 9.97. The van der Waals surface area contributed by atoms with Crippen LogP contribution in [-0.4, -0.2) is 54.2 Å². The number of carbonyl (C=O) groups is 2. The Labute approximate surface area is 186 Å². The molecule has 32 heavy (non-hydrogen) atoms. The van der Waals surface area contributed by atoms with Crippen LogP contribution in [0.25, 0.3) is 0 Å². The number of ether oxygens (including phenoxy) is 1. The zero-order valence-electron chi connectivity index (χ0n) is 18.4. The second kappa shape index (κ2) is 10.5. The topological polar surface area (TPSA) is 62.2 Å². The number of hydrazone groups is 1. The van der Waals surface area contributed by atoms with E-state index in [1.54, 1.807) is 50.2 Å². The van der Waals surface area contributed by atoms with Gasteiger partial charge in [-0.1, -0.05) is 50.2 Å². The molecule has 0 saturated carbocycles. The number of hydrogen-bond acceptors (Lipinski definition) is 4. The lowest BCUT2D eigenvalue weighted by molar-refractivity contribution is -0.143. The Morgan fingerprint density at radius 2 is 1.78 bits per heavy atom. The maximum absolute atomic E-state index is 14.6. The summed E-state index contributed by atoms with van der Waals surface area (Å²) < 4.78 is 34.1. The van der Waals surface area contributed by atoms with Crippen molar-refractivity contribution in [2.24, 2.45) is 11.0 Å². The smallest absolute Gasteiger partial charge is 0.262 e. The quantitative estimate of drug-likeness (QED) is 0.624. The van der Waals surface area contributed by atoms with E-state index in [2.05, 4.69) is 5.10 Å². The molecule has 1 unspecified atom stereocenters. The number of hydrogen-bond donors (Lipinski definition) is 0. The first-order valence-electron chi connectivity index (χ1n) is 10.5. The van der Waals surface area contributed by atoms with E-state index in [1.807, 2.05) is 0 Å². The van der Waals surface area contributed by atoms with Crippen molar-refractivity contribution in [3.63, 3.8) is 0 Å². The zero-order chi connectivity index (χ0) is 23.3. The maximum Gasteiger partial charge on any atom is 0.262 e. The number of benzene rings is 2. The summed E-state index contributed by atoms with van der Waals surface area (Å²) in [5, 5.41) is 5.55. The number of halogens is 2. The molecule has 0 radical (unpaired) electrons. The second-order valence-electron chi connectivity index (χ2n) is 7.91. The molecule has 2 aromatic carbocycles. The Balaban J connectivity index is 1.94. The van der Waals surface area contributed by atoms with Gasteiger partial charge in [0.15, 0.2) is 0 Å². The van der Waals surface area contributed by atoms with E-state index in [0.29, 0.717) is 5.71 Å². The van der Waals surface area contributed by atoms with Crippen molar-refractivity contribution >= 4 is 17.5 Å². The van der Waals surface area contributed by atoms with E-state index >= 15 is 0 Å². The first-order chi connectivity index (χ1) is 15.3. The van der Waals surface area contributed by atoms with Gasteiger partial charge >= 0.3 is 0 Å². The van der Waals surface area contributed by atoms with E-state index in [-0.39, 0.29) is 49.1 Å². The minimum atomic E-state index is -0.739. The third-order valence-electron chi connectivity index (χ3n) is 5.31. The van der Waals surface area contributed by atoms with Crippen LogP contribution in [0.2, 0.25) is 0 Å². The molecule has 2 amide bonds. The number of rotatable bonds is 8. The van der Waals surface area contributed by atoms with Gasteiger partial charge in [-0.25, -0.2) is 13.8 Å². The summed E-state index contributed by atoms with van der Waals surface area (Å²) in [4.78, 5) is 27.3. The molecule has 6 nitrogen and oxygen atoms in total. The van der Waals surface area contributed by atoms with Gasteiger partial charge in [-0.15, -0.1) is 0 Å². The van der Waals surface area contributed by atoms with E-state index in [4.69, 9.17) is 4.74 Å². The van der Waals surface area contributed by atoms with Crippen molar-refractivity contribution < 1.29 is 23.1 Å². The minimum absolute atomic E-state index is 0.157. The average molecular weight is 443 g/mol. The third kappa shape index (κ3) is 5.19. The zero-order valence-corrected chi connectivity index (χ0v) is 18.4. The van der Waals surface area contributed by atoms with Crippen LogP contribution in [0.15, 0.2) is 53.6 Å². The molecule has 2 aromatic rings. The summed E-state index contributed by atoms with van der Waals surface area (Å²) in [5.74, 6) is -1.93. The average Bonchev–Trinajstić information content (AvgIpc) is 3.21. The highest BCUT2D eigenvalue weighted by Crippen LogP contribution is 2.34. The Hall–Kier alpha value is -3.13. The van der Waals surface area contributed by atoms with Crippen LogP contribution in [-0.2, 0) is 14.3 Å². The normalized spacial score (nSPS) is 15.8. The molecule has 1 heterocycles. The van der Waals surface area contributed by atoms with Crippen molar-refractivity contribution in [2.75, 3.05) is 26.8 Å². The van der Waals surface area contributed by atoms with Gasteiger partial charge in [0, 0.05) is 37.1 Å². The monoisotopic (exact) mass is 443 g/mol. The van der Waals surface area contributed by atoms with Gasteiger partial charge in [-0.05, 0) is 12.1 Å². The molecule has 1 aliphatic rings. The van der Waals surface area contributed by atoms with Crippen LogP contribution in [0.3, 0.4) is 0 Å². The van der Waals surface area contributed by atoms with Gasteiger partial charge in [0.25, 0.3) is 5.91 Å². The Kier molecular flexibility index (Phi) is 7.69. The first-order valence-corrected chi connectivity index (χ1v) is 10.5. The Morgan fingerprint density at radius 1 is 1.12 bits per heavy atom. The molecule has 0 aliphatic carbocycles. The van der Waals surface area contributed by atoms with Gasteiger partial charge in [-0.2, -0.15) is 5.10 Å². The number of methoxy groups -OCH3 is 1. The van der Waals surface area contributed by atoms with Crippen molar-refractivity contribution in [3.05, 3.63) is 71.3 Å².